The van der Waals surface area contributed by atoms with E-state index < -0.39 is 0 Å². The van der Waals surface area contributed by atoms with Crippen molar-refractivity contribution in [3.05, 3.63) is 47.8 Å². The Morgan fingerprint density at radius 1 is 1.40 bits per heavy atom. The molecule has 5 heteroatoms. The smallest absolute Gasteiger partial charge is 0.255 e. The molecule has 2 aromatic rings. The summed E-state index contributed by atoms with van der Waals surface area (Å²) < 4.78 is 1.78. The van der Waals surface area contributed by atoms with Gasteiger partial charge in [-0.15, -0.1) is 0 Å². The normalized spacial score (nSPS) is 12.2. The first-order valence-electron chi connectivity index (χ1n) is 6.71. The Morgan fingerprint density at radius 2 is 2.10 bits per heavy atom. The van der Waals surface area contributed by atoms with Gasteiger partial charge in [0.1, 0.15) is 0 Å². The summed E-state index contributed by atoms with van der Waals surface area (Å²) >= 11 is 0. The summed E-state index contributed by atoms with van der Waals surface area (Å²) in [6.07, 6.45) is 2.27. The fourth-order valence-electron chi connectivity index (χ4n) is 2.04. The number of nitrogens with one attached hydrogen (secondary N) is 1. The third-order valence-corrected chi connectivity index (χ3v) is 3.10. The third kappa shape index (κ3) is 2.88. The Kier molecular flexibility index (Phi) is 4.53. The van der Waals surface area contributed by atoms with Crippen LogP contribution in [0.25, 0.3) is 5.69 Å². The van der Waals surface area contributed by atoms with Crippen molar-refractivity contribution in [1.29, 1.82) is 0 Å². The van der Waals surface area contributed by atoms with Crippen LogP contribution in [0.15, 0.2) is 36.5 Å². The van der Waals surface area contributed by atoms with E-state index in [1.54, 1.807) is 17.8 Å². The van der Waals surface area contributed by atoms with Crippen LogP contribution < -0.4 is 5.32 Å². The number of carbonyl (C=O) groups is 1. The molecule has 0 saturated carbocycles. The third-order valence-electron chi connectivity index (χ3n) is 3.10. The zero-order valence-corrected chi connectivity index (χ0v) is 11.7. The van der Waals surface area contributed by atoms with Crippen LogP contribution in [0.3, 0.4) is 0 Å². The zero-order chi connectivity index (χ0) is 14.5. The maximum atomic E-state index is 12.2. The number of nitrogens with zero attached hydrogens (tertiary/aromatic N) is 2. The average molecular weight is 273 g/mol. The van der Waals surface area contributed by atoms with E-state index >= 15 is 0 Å². The predicted octanol–water partition coefficient (Wildman–Crippen LogP) is 1.55. The molecular weight excluding hydrogens is 254 g/mol. The molecule has 0 aliphatic heterocycles. The van der Waals surface area contributed by atoms with Gasteiger partial charge in [0, 0.05) is 6.04 Å². The molecule has 1 amide bonds. The molecule has 1 heterocycles. The quantitative estimate of drug-likeness (QED) is 0.868. The number of aromatic nitrogens is 2. The van der Waals surface area contributed by atoms with Crippen molar-refractivity contribution in [3.8, 4) is 5.69 Å². The molecule has 0 saturated heterocycles. The lowest BCUT2D eigenvalue weighted by atomic mass is 10.1. The van der Waals surface area contributed by atoms with E-state index in [0.717, 1.165) is 11.4 Å². The number of carbonyl (C=O) groups excluding carboxylic acids is 1. The zero-order valence-electron chi connectivity index (χ0n) is 11.7. The van der Waals surface area contributed by atoms with Gasteiger partial charge in [-0.2, -0.15) is 5.10 Å². The van der Waals surface area contributed by atoms with Crippen LogP contribution in [-0.2, 0) is 6.42 Å². The van der Waals surface area contributed by atoms with Crippen molar-refractivity contribution in [2.24, 2.45) is 0 Å². The lowest BCUT2D eigenvalue weighted by Gasteiger charge is -2.11. The van der Waals surface area contributed by atoms with Gasteiger partial charge in [-0.3, -0.25) is 4.79 Å². The molecule has 0 radical (unpaired) electrons. The Balaban J connectivity index is 2.33. The fourth-order valence-corrected chi connectivity index (χ4v) is 2.04. The van der Waals surface area contributed by atoms with Crippen molar-refractivity contribution in [1.82, 2.24) is 15.1 Å². The van der Waals surface area contributed by atoms with E-state index in [1.165, 1.54) is 0 Å². The molecule has 1 aromatic carbocycles. The van der Waals surface area contributed by atoms with E-state index in [9.17, 15) is 4.79 Å². The van der Waals surface area contributed by atoms with Crippen LogP contribution >= 0.6 is 0 Å². The van der Waals surface area contributed by atoms with Crippen LogP contribution in [0.5, 0.6) is 0 Å². The monoisotopic (exact) mass is 273 g/mol. The highest BCUT2D eigenvalue weighted by Crippen LogP contribution is 2.15. The molecule has 0 aliphatic rings. The van der Waals surface area contributed by atoms with Crippen LogP contribution in [0.1, 0.15) is 29.9 Å². The summed E-state index contributed by atoms with van der Waals surface area (Å²) in [6.45, 7) is 3.66. The summed E-state index contributed by atoms with van der Waals surface area (Å²) in [6, 6.07) is 9.43. The topological polar surface area (TPSA) is 67.2 Å². The van der Waals surface area contributed by atoms with Crippen LogP contribution in [0, 0.1) is 0 Å². The van der Waals surface area contributed by atoms with Gasteiger partial charge in [-0.1, -0.05) is 25.1 Å². The van der Waals surface area contributed by atoms with E-state index in [4.69, 9.17) is 5.11 Å². The van der Waals surface area contributed by atoms with Crippen molar-refractivity contribution in [2.75, 3.05) is 6.61 Å². The molecule has 1 aromatic heterocycles. The molecule has 0 bridgehead atoms. The largest absolute Gasteiger partial charge is 0.394 e. The second-order valence-electron chi connectivity index (χ2n) is 4.66. The molecular formula is C15H19N3O2. The van der Waals surface area contributed by atoms with Crippen molar-refractivity contribution < 1.29 is 9.90 Å². The Labute approximate surface area is 118 Å². The summed E-state index contributed by atoms with van der Waals surface area (Å²) in [5.74, 6) is -0.203. The van der Waals surface area contributed by atoms with Gasteiger partial charge in [-0.25, -0.2) is 4.68 Å². The maximum Gasteiger partial charge on any atom is 0.255 e. The summed E-state index contributed by atoms with van der Waals surface area (Å²) in [5.41, 5.74) is 2.34. The van der Waals surface area contributed by atoms with Gasteiger partial charge in [0.25, 0.3) is 5.91 Å². The first-order valence-corrected chi connectivity index (χ1v) is 6.71. The van der Waals surface area contributed by atoms with Gasteiger partial charge in [0.2, 0.25) is 0 Å². The Bertz CT molecular complexity index is 578. The molecule has 0 fully saturated rings. The highest BCUT2D eigenvalue weighted by Gasteiger charge is 2.18. The number of hydrogen-bond donors (Lipinski definition) is 2. The van der Waals surface area contributed by atoms with Gasteiger partial charge < -0.3 is 10.4 Å². The van der Waals surface area contributed by atoms with Crippen molar-refractivity contribution in [3.63, 3.8) is 0 Å². The maximum absolute atomic E-state index is 12.2. The molecule has 106 valence electrons. The summed E-state index contributed by atoms with van der Waals surface area (Å²) in [5, 5.41) is 16.1. The SMILES string of the molecule is CCc1c(C(=O)NC(C)CO)cnn1-c1ccccc1. The minimum absolute atomic E-state index is 0.0833. The highest BCUT2D eigenvalue weighted by atomic mass is 16.3. The van der Waals surface area contributed by atoms with Crippen LogP contribution in [-0.4, -0.2) is 33.4 Å². The van der Waals surface area contributed by atoms with E-state index in [2.05, 4.69) is 10.4 Å². The van der Waals surface area contributed by atoms with Gasteiger partial charge in [0.05, 0.1) is 29.7 Å². The van der Waals surface area contributed by atoms with Crippen LogP contribution in [0.2, 0.25) is 0 Å². The minimum Gasteiger partial charge on any atom is -0.394 e. The van der Waals surface area contributed by atoms with Gasteiger partial charge in [-0.05, 0) is 25.5 Å². The fraction of sp³-hybridized carbons (Fsp3) is 0.333. The second-order valence-corrected chi connectivity index (χ2v) is 4.66. The lowest BCUT2D eigenvalue weighted by Crippen LogP contribution is -2.35. The number of aliphatic hydroxyl groups is 1. The van der Waals surface area contributed by atoms with E-state index in [0.29, 0.717) is 12.0 Å². The molecule has 20 heavy (non-hydrogen) atoms. The number of benzene rings is 1. The van der Waals surface area contributed by atoms with E-state index in [1.807, 2.05) is 37.3 Å². The van der Waals surface area contributed by atoms with Crippen molar-refractivity contribution >= 4 is 5.91 Å². The molecule has 2 N–H and O–H groups in total. The number of rotatable bonds is 5. The van der Waals surface area contributed by atoms with E-state index in [-0.39, 0.29) is 18.6 Å². The van der Waals surface area contributed by atoms with Gasteiger partial charge in [0.15, 0.2) is 0 Å². The predicted molar refractivity (Wildman–Crippen MR) is 77.0 cm³/mol. The van der Waals surface area contributed by atoms with Gasteiger partial charge >= 0.3 is 0 Å². The first kappa shape index (κ1) is 14.3. The minimum atomic E-state index is -0.271. The molecule has 1 atom stereocenters. The molecule has 1 unspecified atom stereocenters. The standard InChI is InChI=1S/C15H19N3O2/c1-3-14-13(15(20)17-11(2)10-19)9-16-18(14)12-7-5-4-6-8-12/h4-9,11,19H,3,10H2,1-2H3,(H,17,20). The van der Waals surface area contributed by atoms with Crippen molar-refractivity contribution in [2.45, 2.75) is 26.3 Å². The average Bonchev–Trinajstić information content (AvgIpc) is 2.91. The number of hydrogen-bond acceptors (Lipinski definition) is 3. The summed E-state index contributed by atoms with van der Waals surface area (Å²) in [4.78, 5) is 12.2. The number of aliphatic hydroxyl groups excluding tert-OH is 1. The Morgan fingerprint density at radius 3 is 2.70 bits per heavy atom. The number of amides is 1. The Hall–Kier alpha value is -2.14. The first-order chi connectivity index (χ1) is 9.67. The highest BCUT2D eigenvalue weighted by molar-refractivity contribution is 5.95. The number of para-hydroxylation sites is 1. The molecule has 0 spiro atoms. The molecule has 0 aliphatic carbocycles. The lowest BCUT2D eigenvalue weighted by molar-refractivity contribution is 0.0921. The summed E-state index contributed by atoms with van der Waals surface area (Å²) in [7, 11) is 0. The van der Waals surface area contributed by atoms with Crippen LogP contribution in [0.4, 0.5) is 0 Å². The molecule has 2 rings (SSSR count). The molecule has 5 nitrogen and oxygen atoms in total. The second kappa shape index (κ2) is 6.34.